The quantitative estimate of drug-likeness (QED) is 0.874. The summed E-state index contributed by atoms with van der Waals surface area (Å²) in [5, 5.41) is 16.6. The van der Waals surface area contributed by atoms with E-state index < -0.39 is 5.72 Å². The lowest BCUT2D eigenvalue weighted by Gasteiger charge is -2.31. The summed E-state index contributed by atoms with van der Waals surface area (Å²) in [6.45, 7) is 1.80. The highest BCUT2D eigenvalue weighted by Gasteiger charge is 2.45. The first kappa shape index (κ1) is 16.7. The average Bonchev–Trinajstić information content (AvgIpc) is 2.90. The summed E-state index contributed by atoms with van der Waals surface area (Å²) in [5.41, 5.74) is 0.266. The van der Waals surface area contributed by atoms with Gasteiger partial charge >= 0.3 is 0 Å². The SMILES string of the molecule is COc1ccc(C(=O)N2N=C(C)C[C@@]2(O)c2ccc(Br)cc2)cc1. The molecule has 1 heterocycles. The normalized spacial score (nSPS) is 20.0. The zero-order chi connectivity index (χ0) is 17.3. The highest BCUT2D eigenvalue weighted by atomic mass is 79.9. The van der Waals surface area contributed by atoms with Gasteiger partial charge in [0.05, 0.1) is 7.11 Å². The molecule has 1 aliphatic rings. The predicted molar refractivity (Wildman–Crippen MR) is 94.9 cm³/mol. The molecule has 0 saturated heterocycles. The molecule has 1 amide bonds. The Morgan fingerprint density at radius 3 is 2.42 bits per heavy atom. The van der Waals surface area contributed by atoms with Crippen molar-refractivity contribution in [2.24, 2.45) is 5.10 Å². The topological polar surface area (TPSA) is 62.1 Å². The standard InChI is InChI=1S/C18H17BrN2O3/c1-12-11-18(23,14-5-7-15(19)8-6-14)21(20-12)17(22)13-3-9-16(24-2)10-4-13/h3-10,23H,11H2,1-2H3/t18-/m1/s1. The zero-order valence-electron chi connectivity index (χ0n) is 13.4. The molecular weight excluding hydrogens is 372 g/mol. The Morgan fingerprint density at radius 2 is 1.83 bits per heavy atom. The Morgan fingerprint density at radius 1 is 1.21 bits per heavy atom. The third-order valence-electron chi connectivity index (χ3n) is 3.96. The Hall–Kier alpha value is -2.18. The van der Waals surface area contributed by atoms with Crippen molar-refractivity contribution in [2.75, 3.05) is 7.11 Å². The van der Waals surface area contributed by atoms with E-state index in [0.29, 0.717) is 22.6 Å². The molecule has 2 aromatic carbocycles. The molecule has 124 valence electrons. The van der Waals surface area contributed by atoms with Gasteiger partial charge in [-0.1, -0.05) is 28.1 Å². The van der Waals surface area contributed by atoms with Gasteiger partial charge in [-0.3, -0.25) is 4.79 Å². The molecule has 5 nitrogen and oxygen atoms in total. The maximum Gasteiger partial charge on any atom is 0.276 e. The van der Waals surface area contributed by atoms with Crippen molar-refractivity contribution in [2.45, 2.75) is 19.1 Å². The molecule has 0 aliphatic carbocycles. The van der Waals surface area contributed by atoms with Crippen molar-refractivity contribution in [3.8, 4) is 5.75 Å². The van der Waals surface area contributed by atoms with E-state index in [-0.39, 0.29) is 12.3 Å². The van der Waals surface area contributed by atoms with Crippen molar-refractivity contribution in [3.63, 3.8) is 0 Å². The number of amides is 1. The largest absolute Gasteiger partial charge is 0.497 e. The van der Waals surface area contributed by atoms with E-state index in [0.717, 1.165) is 9.48 Å². The number of ether oxygens (including phenoxy) is 1. The molecule has 1 aliphatic heterocycles. The molecule has 0 aromatic heterocycles. The first-order valence-electron chi connectivity index (χ1n) is 7.45. The van der Waals surface area contributed by atoms with Crippen molar-refractivity contribution in [1.82, 2.24) is 5.01 Å². The van der Waals surface area contributed by atoms with Crippen LogP contribution < -0.4 is 4.74 Å². The van der Waals surface area contributed by atoms with Crippen LogP contribution in [0.1, 0.15) is 29.3 Å². The molecule has 0 radical (unpaired) electrons. The van der Waals surface area contributed by atoms with E-state index in [9.17, 15) is 9.90 Å². The minimum atomic E-state index is -1.48. The Balaban J connectivity index is 1.96. The van der Waals surface area contributed by atoms with Crippen LogP contribution in [0.2, 0.25) is 0 Å². The van der Waals surface area contributed by atoms with E-state index in [4.69, 9.17) is 4.74 Å². The molecule has 0 unspecified atom stereocenters. The molecule has 0 bridgehead atoms. The van der Waals surface area contributed by atoms with Crippen LogP contribution in [-0.4, -0.2) is 28.8 Å². The number of carbonyl (C=O) groups excluding carboxylic acids is 1. The number of benzene rings is 2. The highest BCUT2D eigenvalue weighted by molar-refractivity contribution is 9.10. The maximum absolute atomic E-state index is 12.9. The van der Waals surface area contributed by atoms with Crippen LogP contribution in [0.5, 0.6) is 5.75 Å². The predicted octanol–water partition coefficient (Wildman–Crippen LogP) is 3.52. The summed E-state index contributed by atoms with van der Waals surface area (Å²) in [6.07, 6.45) is 0.274. The second kappa shape index (κ2) is 6.37. The van der Waals surface area contributed by atoms with Crippen LogP contribution in [0.3, 0.4) is 0 Å². The van der Waals surface area contributed by atoms with E-state index in [1.807, 2.05) is 12.1 Å². The first-order valence-corrected chi connectivity index (χ1v) is 8.24. The van der Waals surface area contributed by atoms with Crippen LogP contribution in [0, 0.1) is 0 Å². The summed E-state index contributed by atoms with van der Waals surface area (Å²) in [6, 6.07) is 14.0. The van der Waals surface area contributed by atoms with E-state index in [1.54, 1.807) is 50.4 Å². The van der Waals surface area contributed by atoms with Crippen LogP contribution in [0.15, 0.2) is 58.1 Å². The van der Waals surface area contributed by atoms with Gasteiger partial charge in [-0.15, -0.1) is 0 Å². The summed E-state index contributed by atoms with van der Waals surface area (Å²) in [4.78, 5) is 12.9. The smallest absolute Gasteiger partial charge is 0.276 e. The van der Waals surface area contributed by atoms with E-state index in [2.05, 4.69) is 21.0 Å². The number of methoxy groups -OCH3 is 1. The number of rotatable bonds is 3. The van der Waals surface area contributed by atoms with Gasteiger partial charge in [-0.2, -0.15) is 10.1 Å². The van der Waals surface area contributed by atoms with Crippen LogP contribution in [0.25, 0.3) is 0 Å². The van der Waals surface area contributed by atoms with Gasteiger partial charge in [0.1, 0.15) is 5.75 Å². The molecule has 3 rings (SSSR count). The second-order valence-electron chi connectivity index (χ2n) is 5.68. The van der Waals surface area contributed by atoms with Gasteiger partial charge in [0.15, 0.2) is 5.72 Å². The lowest BCUT2D eigenvalue weighted by Crippen LogP contribution is -2.43. The zero-order valence-corrected chi connectivity index (χ0v) is 14.9. The number of hydrazone groups is 1. The molecule has 1 atom stereocenters. The summed E-state index contributed by atoms with van der Waals surface area (Å²) >= 11 is 3.38. The van der Waals surface area contributed by atoms with Crippen molar-refractivity contribution >= 4 is 27.5 Å². The highest BCUT2D eigenvalue weighted by Crippen LogP contribution is 2.36. The van der Waals surface area contributed by atoms with Crippen LogP contribution in [-0.2, 0) is 5.72 Å². The van der Waals surface area contributed by atoms with Crippen molar-refractivity contribution in [1.29, 1.82) is 0 Å². The minimum absolute atomic E-state index is 0.274. The van der Waals surface area contributed by atoms with E-state index in [1.165, 1.54) is 0 Å². The van der Waals surface area contributed by atoms with Gasteiger partial charge in [0.2, 0.25) is 0 Å². The van der Waals surface area contributed by atoms with Gasteiger partial charge in [-0.05, 0) is 43.3 Å². The average molecular weight is 389 g/mol. The Bertz CT molecular complexity index is 787. The molecule has 0 fully saturated rings. The lowest BCUT2D eigenvalue weighted by atomic mass is 9.97. The van der Waals surface area contributed by atoms with Crippen LogP contribution >= 0.6 is 15.9 Å². The van der Waals surface area contributed by atoms with Gasteiger partial charge in [0.25, 0.3) is 5.91 Å². The number of carbonyl (C=O) groups is 1. The number of nitrogens with zero attached hydrogens (tertiary/aromatic N) is 2. The number of hydrogen-bond donors (Lipinski definition) is 1. The van der Waals surface area contributed by atoms with Gasteiger partial charge < -0.3 is 9.84 Å². The summed E-state index contributed by atoms with van der Waals surface area (Å²) < 4.78 is 6.01. The summed E-state index contributed by atoms with van der Waals surface area (Å²) in [5.74, 6) is 0.302. The third kappa shape index (κ3) is 2.95. The van der Waals surface area contributed by atoms with Gasteiger partial charge in [0, 0.05) is 27.7 Å². The molecule has 1 N–H and O–H groups in total. The fourth-order valence-corrected chi connectivity index (χ4v) is 3.00. The lowest BCUT2D eigenvalue weighted by molar-refractivity contribution is -0.0765. The van der Waals surface area contributed by atoms with Crippen LogP contribution in [0.4, 0.5) is 0 Å². The molecule has 6 heteroatoms. The summed E-state index contributed by atoms with van der Waals surface area (Å²) in [7, 11) is 1.57. The fraction of sp³-hybridized carbons (Fsp3) is 0.222. The van der Waals surface area contributed by atoms with Crippen molar-refractivity contribution < 1.29 is 14.6 Å². The fourth-order valence-electron chi connectivity index (χ4n) is 2.73. The number of aliphatic hydroxyl groups is 1. The molecule has 0 saturated carbocycles. The number of hydrogen-bond acceptors (Lipinski definition) is 4. The molecule has 0 spiro atoms. The minimum Gasteiger partial charge on any atom is -0.497 e. The maximum atomic E-state index is 12.9. The molecule has 2 aromatic rings. The first-order chi connectivity index (χ1) is 11.4. The second-order valence-corrected chi connectivity index (χ2v) is 6.60. The van der Waals surface area contributed by atoms with Gasteiger partial charge in [-0.25, -0.2) is 0 Å². The number of halogens is 1. The monoisotopic (exact) mass is 388 g/mol. The third-order valence-corrected chi connectivity index (χ3v) is 4.49. The Kier molecular flexibility index (Phi) is 4.43. The van der Waals surface area contributed by atoms with E-state index >= 15 is 0 Å². The molecular formula is C18H17BrN2O3. The molecule has 24 heavy (non-hydrogen) atoms. The Labute approximate surface area is 148 Å². The van der Waals surface area contributed by atoms with Crippen molar-refractivity contribution in [3.05, 3.63) is 64.1 Å².